The lowest BCUT2D eigenvalue weighted by molar-refractivity contribution is 0.632. The van der Waals surface area contributed by atoms with Gasteiger partial charge in [0.1, 0.15) is 6.33 Å². The maximum absolute atomic E-state index is 6.13. The largest absolute Gasteiger partial charge is 0.271 e. The quantitative estimate of drug-likeness (QED) is 0.663. The van der Waals surface area contributed by atoms with E-state index in [1.165, 1.54) is 6.33 Å². The van der Waals surface area contributed by atoms with Crippen LogP contribution >= 0.6 is 23.2 Å². The molecule has 2 aromatic rings. The molecule has 0 aliphatic carbocycles. The predicted molar refractivity (Wildman–Crippen MR) is 67.7 cm³/mol. The highest BCUT2D eigenvalue weighted by Crippen LogP contribution is 2.29. The molecular weight excluding hydrogens is 259 g/mol. The Morgan fingerprint density at radius 3 is 2.47 bits per heavy atom. The van der Waals surface area contributed by atoms with Gasteiger partial charge in [-0.3, -0.25) is 5.84 Å². The van der Waals surface area contributed by atoms with Gasteiger partial charge in [0.15, 0.2) is 0 Å². The van der Waals surface area contributed by atoms with Gasteiger partial charge in [0.2, 0.25) is 0 Å². The number of aromatic nitrogens is 2. The van der Waals surface area contributed by atoms with E-state index >= 15 is 0 Å². The van der Waals surface area contributed by atoms with Crippen molar-refractivity contribution in [2.24, 2.45) is 5.84 Å². The van der Waals surface area contributed by atoms with Crippen LogP contribution < -0.4 is 11.3 Å². The highest BCUT2D eigenvalue weighted by Gasteiger charge is 2.16. The normalized spacial score (nSPS) is 12.4. The first kappa shape index (κ1) is 12.3. The molecule has 1 unspecified atom stereocenters. The minimum atomic E-state index is -0.263. The number of hydrogen-bond donors (Lipinski definition) is 2. The topological polar surface area (TPSA) is 63.8 Å². The maximum atomic E-state index is 6.13. The second-order valence-corrected chi connectivity index (χ2v) is 4.28. The number of halogens is 2. The summed E-state index contributed by atoms with van der Waals surface area (Å²) in [6.45, 7) is 0. The summed E-state index contributed by atoms with van der Waals surface area (Å²) in [6, 6.07) is 4.99. The van der Waals surface area contributed by atoms with Crippen molar-refractivity contribution in [3.8, 4) is 0 Å². The summed E-state index contributed by atoms with van der Waals surface area (Å²) in [5.74, 6) is 5.55. The summed E-state index contributed by atoms with van der Waals surface area (Å²) >= 11 is 12.0. The van der Waals surface area contributed by atoms with Gasteiger partial charge in [-0.15, -0.1) is 0 Å². The van der Waals surface area contributed by atoms with Crippen molar-refractivity contribution in [3.63, 3.8) is 0 Å². The number of nitrogens with two attached hydrogens (primary N) is 1. The lowest BCUT2D eigenvalue weighted by Crippen LogP contribution is -2.29. The van der Waals surface area contributed by atoms with E-state index in [0.29, 0.717) is 10.0 Å². The van der Waals surface area contributed by atoms with Crippen molar-refractivity contribution in [1.82, 2.24) is 15.4 Å². The van der Waals surface area contributed by atoms with Crippen molar-refractivity contribution in [1.29, 1.82) is 0 Å². The Morgan fingerprint density at radius 1 is 1.18 bits per heavy atom. The van der Waals surface area contributed by atoms with E-state index in [1.54, 1.807) is 24.5 Å². The van der Waals surface area contributed by atoms with Gasteiger partial charge in [-0.25, -0.2) is 15.4 Å². The van der Waals surface area contributed by atoms with Crippen molar-refractivity contribution in [2.75, 3.05) is 0 Å². The number of hydrogen-bond acceptors (Lipinski definition) is 4. The number of hydrazine groups is 1. The maximum Gasteiger partial charge on any atom is 0.115 e. The van der Waals surface area contributed by atoms with Crippen LogP contribution in [0.1, 0.15) is 17.2 Å². The first-order valence-corrected chi connectivity index (χ1v) is 5.64. The Balaban J connectivity index is 2.42. The highest BCUT2D eigenvalue weighted by atomic mass is 35.5. The monoisotopic (exact) mass is 268 g/mol. The molecule has 0 saturated heterocycles. The molecule has 0 aliphatic heterocycles. The number of nitrogens with one attached hydrogen (secondary N) is 1. The van der Waals surface area contributed by atoms with E-state index in [2.05, 4.69) is 15.4 Å². The molecule has 1 heterocycles. The molecule has 0 radical (unpaired) electrons. The molecule has 0 saturated carbocycles. The van der Waals surface area contributed by atoms with E-state index < -0.39 is 0 Å². The molecule has 3 N–H and O–H groups in total. The molecule has 1 aromatic carbocycles. The molecule has 1 atom stereocenters. The second kappa shape index (κ2) is 5.42. The van der Waals surface area contributed by atoms with Gasteiger partial charge in [0, 0.05) is 28.0 Å². The van der Waals surface area contributed by atoms with Crippen LogP contribution in [0, 0.1) is 0 Å². The smallest absolute Gasteiger partial charge is 0.115 e. The Hall–Kier alpha value is -1.20. The van der Waals surface area contributed by atoms with Crippen molar-refractivity contribution in [2.45, 2.75) is 6.04 Å². The highest BCUT2D eigenvalue weighted by molar-refractivity contribution is 6.35. The molecule has 4 nitrogen and oxygen atoms in total. The molecule has 2 rings (SSSR count). The number of nitrogens with zero attached hydrogens (tertiary/aromatic N) is 2. The van der Waals surface area contributed by atoms with Crippen LogP contribution in [-0.2, 0) is 0 Å². The minimum Gasteiger partial charge on any atom is -0.271 e. The molecule has 0 fully saturated rings. The van der Waals surface area contributed by atoms with Gasteiger partial charge < -0.3 is 0 Å². The third-order valence-corrected chi connectivity index (χ3v) is 2.92. The van der Waals surface area contributed by atoms with Gasteiger partial charge in [-0.1, -0.05) is 29.3 Å². The fraction of sp³-hybridized carbons (Fsp3) is 0.0909. The molecule has 88 valence electrons. The first-order valence-electron chi connectivity index (χ1n) is 4.88. The van der Waals surface area contributed by atoms with E-state index in [0.717, 1.165) is 11.1 Å². The van der Waals surface area contributed by atoms with Crippen LogP contribution in [0.5, 0.6) is 0 Å². The summed E-state index contributed by atoms with van der Waals surface area (Å²) in [5, 5.41) is 1.13. The van der Waals surface area contributed by atoms with Crippen molar-refractivity contribution in [3.05, 3.63) is 58.1 Å². The Kier molecular flexibility index (Phi) is 3.91. The molecule has 0 bridgehead atoms. The van der Waals surface area contributed by atoms with Crippen LogP contribution in [0.3, 0.4) is 0 Å². The zero-order chi connectivity index (χ0) is 12.3. The molecular formula is C11H10Cl2N4. The van der Waals surface area contributed by atoms with Crippen LogP contribution in [0.4, 0.5) is 0 Å². The second-order valence-electron chi connectivity index (χ2n) is 3.44. The lowest BCUT2D eigenvalue weighted by Gasteiger charge is -2.17. The van der Waals surface area contributed by atoms with Crippen LogP contribution in [-0.4, -0.2) is 9.97 Å². The SMILES string of the molecule is NNC(c1cncnc1)c1ccc(Cl)cc1Cl. The molecule has 0 spiro atoms. The van der Waals surface area contributed by atoms with Crippen LogP contribution in [0.15, 0.2) is 36.9 Å². The van der Waals surface area contributed by atoms with E-state index in [1.807, 2.05) is 6.07 Å². The average Bonchev–Trinajstić information content (AvgIpc) is 2.34. The first-order chi connectivity index (χ1) is 8.22. The molecule has 1 aromatic heterocycles. The summed E-state index contributed by atoms with van der Waals surface area (Å²) in [5.41, 5.74) is 4.35. The zero-order valence-corrected chi connectivity index (χ0v) is 10.3. The average molecular weight is 269 g/mol. The summed E-state index contributed by atoms with van der Waals surface area (Å²) in [6.07, 6.45) is 4.82. The van der Waals surface area contributed by atoms with E-state index in [-0.39, 0.29) is 6.04 Å². The summed E-state index contributed by atoms with van der Waals surface area (Å²) < 4.78 is 0. The summed E-state index contributed by atoms with van der Waals surface area (Å²) in [4.78, 5) is 7.90. The molecule has 6 heteroatoms. The summed E-state index contributed by atoms with van der Waals surface area (Å²) in [7, 11) is 0. The standard InChI is InChI=1S/C11H10Cl2N4/c12-8-1-2-9(10(13)3-8)11(17-14)7-4-15-6-16-5-7/h1-6,11,17H,14H2. The molecule has 0 aliphatic rings. The third kappa shape index (κ3) is 2.73. The van der Waals surface area contributed by atoms with Gasteiger partial charge in [0.25, 0.3) is 0 Å². The van der Waals surface area contributed by atoms with Crippen molar-refractivity contribution < 1.29 is 0 Å². The van der Waals surface area contributed by atoms with Gasteiger partial charge in [-0.05, 0) is 17.7 Å². The Morgan fingerprint density at radius 2 is 1.88 bits per heavy atom. The molecule has 0 amide bonds. The Bertz CT molecular complexity index is 504. The van der Waals surface area contributed by atoms with Gasteiger partial charge >= 0.3 is 0 Å². The zero-order valence-electron chi connectivity index (χ0n) is 8.77. The fourth-order valence-electron chi connectivity index (χ4n) is 1.56. The van der Waals surface area contributed by atoms with E-state index in [9.17, 15) is 0 Å². The van der Waals surface area contributed by atoms with Crippen LogP contribution in [0.25, 0.3) is 0 Å². The Labute approximate surface area is 109 Å². The number of benzene rings is 1. The fourth-order valence-corrected chi connectivity index (χ4v) is 2.08. The number of rotatable bonds is 3. The minimum absolute atomic E-state index is 0.263. The van der Waals surface area contributed by atoms with E-state index in [4.69, 9.17) is 29.0 Å². The predicted octanol–water partition coefficient (Wildman–Crippen LogP) is 2.34. The third-order valence-electron chi connectivity index (χ3n) is 2.35. The lowest BCUT2D eigenvalue weighted by atomic mass is 10.0. The van der Waals surface area contributed by atoms with Crippen LogP contribution in [0.2, 0.25) is 10.0 Å². The van der Waals surface area contributed by atoms with Gasteiger partial charge in [-0.2, -0.15) is 0 Å². The van der Waals surface area contributed by atoms with Gasteiger partial charge in [0.05, 0.1) is 6.04 Å². The van der Waals surface area contributed by atoms with Crippen molar-refractivity contribution >= 4 is 23.2 Å². The molecule has 17 heavy (non-hydrogen) atoms.